The van der Waals surface area contributed by atoms with Crippen molar-refractivity contribution in [2.75, 3.05) is 0 Å². The monoisotopic (exact) mass is 490 g/mol. The van der Waals surface area contributed by atoms with E-state index in [-0.39, 0.29) is 17.5 Å². The maximum atomic E-state index is 13.3. The Morgan fingerprint density at radius 1 is 1.03 bits per heavy atom. The van der Waals surface area contributed by atoms with Crippen LogP contribution in [-0.2, 0) is 0 Å². The molecule has 0 saturated heterocycles. The number of nitro groups is 1. The first-order valence-corrected chi connectivity index (χ1v) is 12.3. The summed E-state index contributed by atoms with van der Waals surface area (Å²) in [5, 5.41) is 17.4. The van der Waals surface area contributed by atoms with Crippen molar-refractivity contribution in [1.82, 2.24) is 4.68 Å². The molecular weight excluding hydrogens is 467 g/mol. The number of aromatic nitrogens is 1. The van der Waals surface area contributed by atoms with Crippen molar-refractivity contribution < 1.29 is 13.7 Å². The van der Waals surface area contributed by atoms with E-state index in [2.05, 4.69) is 34.4 Å². The molecule has 1 saturated carbocycles. The summed E-state index contributed by atoms with van der Waals surface area (Å²) in [5.74, 6) is 0.182. The average Bonchev–Trinajstić information content (AvgIpc) is 3.52. The minimum atomic E-state index is -0.594. The topological polar surface area (TPSA) is 85.9 Å². The summed E-state index contributed by atoms with van der Waals surface area (Å²) >= 11 is 1.40. The molecule has 1 fully saturated rings. The Morgan fingerprint density at radius 2 is 1.77 bits per heavy atom. The van der Waals surface area contributed by atoms with Crippen LogP contribution < -0.4 is 4.80 Å². The number of hydrogen-bond donors (Lipinski definition) is 0. The number of nitrogens with zero attached hydrogens (tertiary/aromatic N) is 4. The molecule has 0 spiro atoms. The molecule has 9 heteroatoms. The number of hydrogen-bond acceptors (Lipinski definition) is 6. The van der Waals surface area contributed by atoms with Crippen LogP contribution in [0, 0.1) is 15.9 Å². The highest BCUT2D eigenvalue weighted by Gasteiger charge is 2.16. The molecule has 0 N–H and O–H groups in total. The molecule has 1 aliphatic rings. The van der Waals surface area contributed by atoms with E-state index in [1.54, 1.807) is 16.8 Å². The number of thiazole rings is 1. The van der Waals surface area contributed by atoms with Gasteiger partial charge in [0.05, 0.1) is 23.7 Å². The summed E-state index contributed by atoms with van der Waals surface area (Å²) in [7, 11) is 0. The molecule has 0 aliphatic heterocycles. The van der Waals surface area contributed by atoms with E-state index in [1.165, 1.54) is 79.5 Å². The molecule has 4 aromatic rings. The van der Waals surface area contributed by atoms with E-state index in [1.807, 2.05) is 5.38 Å². The van der Waals surface area contributed by atoms with Crippen LogP contribution in [0.4, 0.5) is 16.0 Å². The van der Waals surface area contributed by atoms with Crippen molar-refractivity contribution in [2.24, 2.45) is 10.1 Å². The fraction of sp³-hybridized carbons (Fsp3) is 0.231. The van der Waals surface area contributed by atoms with Gasteiger partial charge in [-0.25, -0.2) is 14.1 Å². The Labute approximate surface area is 205 Å². The standard InChI is InChI=1S/C26H23FN4O3S/c27-21-10-12-22(13-11-21)29-26-30(28-16-23-14-15-25(34-23)31(32)33)24(17-35-26)20-8-6-19(7-9-20)18-4-2-1-3-5-18/h6-18H,1-5H2. The van der Waals surface area contributed by atoms with Crippen LogP contribution in [0.2, 0.25) is 0 Å². The quantitative estimate of drug-likeness (QED) is 0.165. The van der Waals surface area contributed by atoms with Gasteiger partial charge in [0.25, 0.3) is 0 Å². The van der Waals surface area contributed by atoms with Crippen molar-refractivity contribution in [3.8, 4) is 11.3 Å². The van der Waals surface area contributed by atoms with Crippen LogP contribution in [0.5, 0.6) is 0 Å². The van der Waals surface area contributed by atoms with Crippen LogP contribution in [0.3, 0.4) is 0 Å². The predicted molar refractivity (Wildman–Crippen MR) is 134 cm³/mol. The van der Waals surface area contributed by atoms with Crippen molar-refractivity contribution in [3.05, 3.63) is 98.1 Å². The van der Waals surface area contributed by atoms with Gasteiger partial charge in [-0.3, -0.25) is 10.1 Å². The highest BCUT2D eigenvalue weighted by molar-refractivity contribution is 7.07. The molecule has 2 heterocycles. The molecule has 7 nitrogen and oxygen atoms in total. The lowest BCUT2D eigenvalue weighted by atomic mass is 9.84. The predicted octanol–water partition coefficient (Wildman–Crippen LogP) is 7.02. The summed E-state index contributed by atoms with van der Waals surface area (Å²) in [6.07, 6.45) is 7.77. The fourth-order valence-electron chi connectivity index (χ4n) is 4.30. The van der Waals surface area contributed by atoms with Crippen LogP contribution >= 0.6 is 11.3 Å². The molecule has 5 rings (SSSR count). The molecular formula is C26H23FN4O3S. The zero-order chi connectivity index (χ0) is 24.2. The highest BCUT2D eigenvalue weighted by Crippen LogP contribution is 2.33. The van der Waals surface area contributed by atoms with Crippen molar-refractivity contribution in [1.29, 1.82) is 0 Å². The van der Waals surface area contributed by atoms with E-state index in [0.717, 1.165) is 11.3 Å². The third-order valence-electron chi connectivity index (χ3n) is 6.11. The Hall–Kier alpha value is -3.85. The molecule has 2 aromatic carbocycles. The van der Waals surface area contributed by atoms with E-state index < -0.39 is 4.92 Å². The van der Waals surface area contributed by atoms with Gasteiger partial charge >= 0.3 is 5.88 Å². The molecule has 1 aliphatic carbocycles. The van der Waals surface area contributed by atoms with Crippen LogP contribution in [0.15, 0.2) is 80.6 Å². The molecule has 35 heavy (non-hydrogen) atoms. The van der Waals surface area contributed by atoms with Crippen molar-refractivity contribution in [3.63, 3.8) is 0 Å². The number of halogens is 1. The highest BCUT2D eigenvalue weighted by atomic mass is 32.1. The summed E-state index contributed by atoms with van der Waals surface area (Å²) in [4.78, 5) is 15.5. The molecule has 0 atom stereocenters. The SMILES string of the molecule is O=[N+]([O-])c1ccc(C=Nn2c(-c3ccc(C4CCCCC4)cc3)csc2=Nc2ccc(F)cc2)o1. The third kappa shape index (κ3) is 5.30. The van der Waals surface area contributed by atoms with Crippen molar-refractivity contribution in [2.45, 2.75) is 38.0 Å². The normalized spacial score (nSPS) is 15.2. The molecule has 0 bridgehead atoms. The number of benzene rings is 2. The van der Waals surface area contributed by atoms with Gasteiger partial charge in [-0.2, -0.15) is 5.10 Å². The Bertz CT molecular complexity index is 1410. The minimum absolute atomic E-state index is 0.252. The third-order valence-corrected chi connectivity index (χ3v) is 6.93. The first-order valence-electron chi connectivity index (χ1n) is 11.5. The average molecular weight is 491 g/mol. The smallest absolute Gasteiger partial charge is 0.400 e. The van der Waals surface area contributed by atoms with Gasteiger partial charge in [0.1, 0.15) is 10.7 Å². The fourth-order valence-corrected chi connectivity index (χ4v) is 5.16. The van der Waals surface area contributed by atoms with Crippen LogP contribution in [-0.4, -0.2) is 15.8 Å². The Kier molecular flexibility index (Phi) is 6.67. The first kappa shape index (κ1) is 22.9. The van der Waals surface area contributed by atoms with E-state index in [0.29, 0.717) is 16.4 Å². The lowest BCUT2D eigenvalue weighted by molar-refractivity contribution is -0.402. The minimum Gasteiger partial charge on any atom is -0.400 e. The van der Waals surface area contributed by atoms with Gasteiger partial charge in [-0.15, -0.1) is 11.3 Å². The van der Waals surface area contributed by atoms with Gasteiger partial charge in [0, 0.05) is 10.9 Å². The second-order valence-corrected chi connectivity index (χ2v) is 9.27. The van der Waals surface area contributed by atoms with E-state index >= 15 is 0 Å². The lowest BCUT2D eigenvalue weighted by Crippen LogP contribution is -2.11. The second-order valence-electron chi connectivity index (χ2n) is 8.44. The Morgan fingerprint density at radius 3 is 2.46 bits per heavy atom. The van der Waals surface area contributed by atoms with Crippen LogP contribution in [0.1, 0.15) is 49.3 Å². The largest absolute Gasteiger partial charge is 0.433 e. The summed E-state index contributed by atoms with van der Waals surface area (Å²) in [6, 6.07) is 17.2. The van der Waals surface area contributed by atoms with Gasteiger partial charge < -0.3 is 4.42 Å². The van der Waals surface area contributed by atoms with E-state index in [4.69, 9.17) is 4.42 Å². The zero-order valence-electron chi connectivity index (χ0n) is 18.8. The van der Waals surface area contributed by atoms with Gasteiger partial charge in [-0.1, -0.05) is 43.5 Å². The van der Waals surface area contributed by atoms with Crippen LogP contribution in [0.25, 0.3) is 11.3 Å². The number of furan rings is 1. The first-order chi connectivity index (χ1) is 17.1. The maximum Gasteiger partial charge on any atom is 0.433 e. The summed E-state index contributed by atoms with van der Waals surface area (Å²) in [5.41, 5.74) is 3.75. The van der Waals surface area contributed by atoms with E-state index in [9.17, 15) is 14.5 Å². The zero-order valence-corrected chi connectivity index (χ0v) is 19.7. The summed E-state index contributed by atoms with van der Waals surface area (Å²) < 4.78 is 20.2. The van der Waals surface area contributed by atoms with Gasteiger partial charge in [0.2, 0.25) is 4.80 Å². The molecule has 2 aromatic heterocycles. The molecule has 178 valence electrons. The number of rotatable bonds is 6. The summed E-state index contributed by atoms with van der Waals surface area (Å²) in [6.45, 7) is 0. The molecule has 0 radical (unpaired) electrons. The Balaban J connectivity index is 1.52. The second kappa shape index (κ2) is 10.2. The lowest BCUT2D eigenvalue weighted by Gasteiger charge is -2.22. The van der Waals surface area contributed by atoms with Crippen molar-refractivity contribution >= 4 is 29.1 Å². The van der Waals surface area contributed by atoms with Gasteiger partial charge in [-0.05, 0) is 54.7 Å². The maximum absolute atomic E-state index is 13.3. The van der Waals surface area contributed by atoms with Gasteiger partial charge in [0.15, 0.2) is 5.76 Å². The molecule has 0 unspecified atom stereocenters. The molecule has 0 amide bonds.